The summed E-state index contributed by atoms with van der Waals surface area (Å²) in [4.78, 5) is 1.86. The summed E-state index contributed by atoms with van der Waals surface area (Å²) in [5.74, 6) is -0.145. The number of hydrogen-bond acceptors (Lipinski definition) is 4. The van der Waals surface area contributed by atoms with Crippen LogP contribution in [0, 0.1) is 5.82 Å². The van der Waals surface area contributed by atoms with E-state index in [1.165, 1.54) is 13.2 Å². The van der Waals surface area contributed by atoms with Crippen LogP contribution in [-0.2, 0) is 0 Å². The molecule has 1 aromatic carbocycles. The number of ether oxygens (including phenoxy) is 1. The first-order valence-electron chi connectivity index (χ1n) is 5.08. The van der Waals surface area contributed by atoms with Gasteiger partial charge < -0.3 is 21.1 Å². The van der Waals surface area contributed by atoms with E-state index >= 15 is 0 Å². The molecule has 0 aromatic heterocycles. The van der Waals surface area contributed by atoms with E-state index in [-0.39, 0.29) is 17.6 Å². The highest BCUT2D eigenvalue weighted by Crippen LogP contribution is 2.22. The van der Waals surface area contributed by atoms with Gasteiger partial charge in [0.25, 0.3) is 0 Å². The Kier molecular flexibility index (Phi) is 4.52. The molecule has 16 heavy (non-hydrogen) atoms. The van der Waals surface area contributed by atoms with Crippen molar-refractivity contribution in [1.29, 1.82) is 0 Å². The Morgan fingerprint density at radius 2 is 2.19 bits per heavy atom. The first kappa shape index (κ1) is 12.7. The van der Waals surface area contributed by atoms with Gasteiger partial charge in [0, 0.05) is 37.9 Å². The lowest BCUT2D eigenvalue weighted by molar-refractivity contribution is 0.386. The van der Waals surface area contributed by atoms with E-state index in [1.807, 2.05) is 11.9 Å². The monoisotopic (exact) mass is 227 g/mol. The molecule has 4 nitrogen and oxygen atoms in total. The van der Waals surface area contributed by atoms with Crippen LogP contribution in [0.2, 0.25) is 0 Å². The molecule has 1 rings (SSSR count). The fraction of sp³-hybridized carbons (Fsp3) is 0.455. The highest BCUT2D eigenvalue weighted by Gasteiger charge is 2.09. The molecule has 0 saturated carbocycles. The SMILES string of the molecule is COc1ccc(N(C)CC(N)CN)cc1F. The summed E-state index contributed by atoms with van der Waals surface area (Å²) >= 11 is 0. The molecule has 0 radical (unpaired) electrons. The first-order chi connectivity index (χ1) is 7.58. The zero-order chi connectivity index (χ0) is 12.1. The van der Waals surface area contributed by atoms with E-state index in [1.54, 1.807) is 12.1 Å². The molecular weight excluding hydrogens is 209 g/mol. The summed E-state index contributed by atoms with van der Waals surface area (Å²) in [5.41, 5.74) is 11.9. The zero-order valence-electron chi connectivity index (χ0n) is 9.61. The fourth-order valence-electron chi connectivity index (χ4n) is 1.42. The molecule has 0 saturated heterocycles. The number of benzene rings is 1. The number of halogens is 1. The maximum absolute atomic E-state index is 13.4. The lowest BCUT2D eigenvalue weighted by Crippen LogP contribution is -2.40. The van der Waals surface area contributed by atoms with Crippen molar-refractivity contribution in [2.24, 2.45) is 11.5 Å². The van der Waals surface area contributed by atoms with Crippen LogP contribution in [0.4, 0.5) is 10.1 Å². The van der Waals surface area contributed by atoms with Crippen LogP contribution < -0.4 is 21.1 Å². The van der Waals surface area contributed by atoms with Gasteiger partial charge in [-0.05, 0) is 12.1 Å². The zero-order valence-corrected chi connectivity index (χ0v) is 9.61. The van der Waals surface area contributed by atoms with Gasteiger partial charge in [-0.1, -0.05) is 0 Å². The number of rotatable bonds is 5. The number of methoxy groups -OCH3 is 1. The first-order valence-corrected chi connectivity index (χ1v) is 5.08. The molecule has 90 valence electrons. The van der Waals surface area contributed by atoms with Crippen molar-refractivity contribution in [3.05, 3.63) is 24.0 Å². The van der Waals surface area contributed by atoms with E-state index in [0.717, 1.165) is 5.69 Å². The molecular formula is C11H18FN3O. The molecule has 0 heterocycles. The van der Waals surface area contributed by atoms with E-state index < -0.39 is 0 Å². The smallest absolute Gasteiger partial charge is 0.167 e. The predicted molar refractivity (Wildman–Crippen MR) is 63.3 cm³/mol. The van der Waals surface area contributed by atoms with Crippen LogP contribution in [0.15, 0.2) is 18.2 Å². The van der Waals surface area contributed by atoms with Gasteiger partial charge in [0.1, 0.15) is 0 Å². The van der Waals surface area contributed by atoms with Crippen molar-refractivity contribution in [3.63, 3.8) is 0 Å². The van der Waals surface area contributed by atoms with E-state index in [2.05, 4.69) is 0 Å². The van der Waals surface area contributed by atoms with Crippen LogP contribution >= 0.6 is 0 Å². The van der Waals surface area contributed by atoms with Crippen molar-refractivity contribution in [3.8, 4) is 5.75 Å². The molecule has 4 N–H and O–H groups in total. The molecule has 1 atom stereocenters. The Morgan fingerprint density at radius 1 is 1.50 bits per heavy atom. The number of nitrogens with two attached hydrogens (primary N) is 2. The van der Waals surface area contributed by atoms with Crippen molar-refractivity contribution < 1.29 is 9.13 Å². The molecule has 0 aliphatic carbocycles. The molecule has 0 fully saturated rings. The standard InChI is InChI=1S/C11H18FN3O/c1-15(7-8(14)6-13)9-3-4-11(16-2)10(12)5-9/h3-5,8H,6-7,13-14H2,1-2H3. The molecule has 5 heteroatoms. The van der Waals surface area contributed by atoms with E-state index in [4.69, 9.17) is 16.2 Å². The molecule has 0 aliphatic heterocycles. The highest BCUT2D eigenvalue weighted by molar-refractivity contribution is 5.49. The average Bonchev–Trinajstić information content (AvgIpc) is 2.28. The van der Waals surface area contributed by atoms with Gasteiger partial charge in [0.15, 0.2) is 11.6 Å². The van der Waals surface area contributed by atoms with Gasteiger partial charge in [-0.15, -0.1) is 0 Å². The molecule has 1 unspecified atom stereocenters. The summed E-state index contributed by atoms with van der Waals surface area (Å²) < 4.78 is 18.3. The topological polar surface area (TPSA) is 64.5 Å². The van der Waals surface area contributed by atoms with Crippen molar-refractivity contribution in [2.45, 2.75) is 6.04 Å². The third kappa shape index (κ3) is 3.08. The van der Waals surface area contributed by atoms with E-state index in [0.29, 0.717) is 13.1 Å². The van der Waals surface area contributed by atoms with Crippen molar-refractivity contribution >= 4 is 5.69 Å². The highest BCUT2D eigenvalue weighted by atomic mass is 19.1. The van der Waals surface area contributed by atoms with Gasteiger partial charge in [0.05, 0.1) is 7.11 Å². The molecule has 0 spiro atoms. The predicted octanol–water partition coefficient (Wildman–Crippen LogP) is 0.556. The average molecular weight is 227 g/mol. The summed E-state index contributed by atoms with van der Waals surface area (Å²) in [6, 6.07) is 4.68. The minimum Gasteiger partial charge on any atom is -0.494 e. The maximum atomic E-state index is 13.4. The minimum atomic E-state index is -0.381. The van der Waals surface area contributed by atoms with E-state index in [9.17, 15) is 4.39 Å². The van der Waals surface area contributed by atoms with Crippen molar-refractivity contribution in [2.75, 3.05) is 32.1 Å². The Morgan fingerprint density at radius 3 is 2.69 bits per heavy atom. The normalized spacial score (nSPS) is 12.3. The molecule has 0 amide bonds. The van der Waals surface area contributed by atoms with Crippen LogP contribution in [-0.4, -0.2) is 33.3 Å². The van der Waals surface area contributed by atoms with Crippen LogP contribution in [0.1, 0.15) is 0 Å². The lowest BCUT2D eigenvalue weighted by Gasteiger charge is -2.22. The summed E-state index contributed by atoms with van der Waals surface area (Å²) in [7, 11) is 3.28. The summed E-state index contributed by atoms with van der Waals surface area (Å²) in [6.45, 7) is 0.991. The number of hydrogen-bond donors (Lipinski definition) is 2. The van der Waals surface area contributed by atoms with Crippen LogP contribution in [0.25, 0.3) is 0 Å². The Labute approximate surface area is 95.0 Å². The fourth-order valence-corrected chi connectivity index (χ4v) is 1.42. The summed E-state index contributed by atoms with van der Waals surface area (Å²) in [6.07, 6.45) is 0. The quantitative estimate of drug-likeness (QED) is 0.771. The van der Waals surface area contributed by atoms with Gasteiger partial charge in [0.2, 0.25) is 0 Å². The summed E-state index contributed by atoms with van der Waals surface area (Å²) in [5, 5.41) is 0. The molecule has 1 aromatic rings. The Bertz CT molecular complexity index is 346. The van der Waals surface area contributed by atoms with Crippen molar-refractivity contribution in [1.82, 2.24) is 0 Å². The Balaban J connectivity index is 2.76. The lowest BCUT2D eigenvalue weighted by atomic mass is 10.2. The van der Waals surface area contributed by atoms with Gasteiger partial charge in [-0.3, -0.25) is 0 Å². The number of nitrogens with zero attached hydrogens (tertiary/aromatic N) is 1. The van der Waals surface area contributed by atoms with Gasteiger partial charge in [-0.2, -0.15) is 0 Å². The third-order valence-corrected chi connectivity index (χ3v) is 2.39. The maximum Gasteiger partial charge on any atom is 0.167 e. The number of anilines is 1. The second-order valence-corrected chi connectivity index (χ2v) is 3.70. The minimum absolute atomic E-state index is 0.116. The Hall–Kier alpha value is -1.33. The van der Waals surface area contributed by atoms with Crippen LogP contribution in [0.3, 0.4) is 0 Å². The second-order valence-electron chi connectivity index (χ2n) is 3.70. The largest absolute Gasteiger partial charge is 0.494 e. The third-order valence-electron chi connectivity index (χ3n) is 2.39. The molecule has 0 aliphatic rings. The van der Waals surface area contributed by atoms with Gasteiger partial charge in [-0.25, -0.2) is 4.39 Å². The second kappa shape index (κ2) is 5.67. The number of likely N-dealkylation sites (N-methyl/N-ethyl adjacent to an activating group) is 1. The van der Waals surface area contributed by atoms with Crippen LogP contribution in [0.5, 0.6) is 5.75 Å². The molecule has 0 bridgehead atoms. The van der Waals surface area contributed by atoms with Gasteiger partial charge >= 0.3 is 0 Å².